The number of halogens is 3. The van der Waals surface area contributed by atoms with Gasteiger partial charge in [0.05, 0.1) is 20.3 Å². The summed E-state index contributed by atoms with van der Waals surface area (Å²) in [5.74, 6) is -2.71. The number of nitrogens with one attached hydrogen (secondary N) is 1. The van der Waals surface area contributed by atoms with Crippen LogP contribution in [-0.4, -0.2) is 46.8 Å². The van der Waals surface area contributed by atoms with Crippen LogP contribution < -0.4 is 10.1 Å². The monoisotopic (exact) mass is 496 g/mol. The highest BCUT2D eigenvalue weighted by molar-refractivity contribution is 7.18. The Morgan fingerprint density at radius 1 is 1.31 bits per heavy atom. The van der Waals surface area contributed by atoms with Gasteiger partial charge in [0.2, 0.25) is 5.91 Å². The smallest absolute Gasteiger partial charge is 0.262 e. The lowest BCUT2D eigenvalue weighted by molar-refractivity contribution is -0.125. The summed E-state index contributed by atoms with van der Waals surface area (Å²) >= 11 is 13.3. The normalized spacial score (nSPS) is 15.1. The summed E-state index contributed by atoms with van der Waals surface area (Å²) in [6, 6.07) is 4.42. The number of carbonyl (C=O) groups excluding carboxylic acids is 2. The molecule has 0 aliphatic carbocycles. The van der Waals surface area contributed by atoms with Gasteiger partial charge in [-0.2, -0.15) is 0 Å². The number of ether oxygens (including phenoxy) is 1. The van der Waals surface area contributed by atoms with Gasteiger partial charge in [0.15, 0.2) is 17.2 Å². The lowest BCUT2D eigenvalue weighted by Gasteiger charge is -2.27. The van der Waals surface area contributed by atoms with Crippen LogP contribution in [0.1, 0.15) is 28.2 Å². The molecule has 0 saturated carbocycles. The number of aromatic nitrogens is 2. The minimum Gasteiger partial charge on any atom is -0.483 e. The summed E-state index contributed by atoms with van der Waals surface area (Å²) in [6.45, 7) is 1.49. The highest BCUT2D eigenvalue weighted by atomic mass is 35.5. The van der Waals surface area contributed by atoms with E-state index in [9.17, 15) is 9.59 Å². The van der Waals surface area contributed by atoms with E-state index in [0.29, 0.717) is 28.5 Å². The summed E-state index contributed by atoms with van der Waals surface area (Å²) in [7, 11) is 1.97. The van der Waals surface area contributed by atoms with Crippen molar-refractivity contribution in [1.82, 2.24) is 20.2 Å². The Morgan fingerprint density at radius 3 is 2.81 bits per heavy atom. The molecular weight excluding hydrogens is 478 g/mol. The van der Waals surface area contributed by atoms with Crippen LogP contribution in [0, 0.1) is 11.7 Å². The Labute approximate surface area is 197 Å². The third-order valence-electron chi connectivity index (χ3n) is 5.22. The maximum Gasteiger partial charge on any atom is 0.262 e. The average Bonchev–Trinajstić information content (AvgIpc) is 3.15. The molecule has 0 spiro atoms. The maximum atomic E-state index is 15.1. The van der Waals surface area contributed by atoms with E-state index in [1.165, 1.54) is 29.7 Å². The molecule has 1 aliphatic heterocycles. The van der Waals surface area contributed by atoms with Crippen molar-refractivity contribution in [3.05, 3.63) is 50.8 Å². The molecule has 11 heteroatoms. The van der Waals surface area contributed by atoms with Gasteiger partial charge in [-0.15, -0.1) is 11.3 Å². The van der Waals surface area contributed by atoms with Crippen LogP contribution >= 0.6 is 34.5 Å². The predicted octanol–water partition coefficient (Wildman–Crippen LogP) is 4.31. The molecule has 3 aromatic rings. The van der Waals surface area contributed by atoms with Gasteiger partial charge in [-0.05, 0) is 51.2 Å². The first-order valence-electron chi connectivity index (χ1n) is 9.87. The zero-order chi connectivity index (χ0) is 22.8. The van der Waals surface area contributed by atoms with Crippen molar-refractivity contribution in [3.63, 3.8) is 0 Å². The average molecular weight is 497 g/mol. The Kier molecular flexibility index (Phi) is 6.90. The highest BCUT2D eigenvalue weighted by Gasteiger charge is 2.27. The first-order chi connectivity index (χ1) is 15.3. The van der Waals surface area contributed by atoms with Gasteiger partial charge in [-0.3, -0.25) is 14.9 Å². The number of piperidine rings is 1. The molecule has 1 aliphatic rings. The van der Waals surface area contributed by atoms with Gasteiger partial charge < -0.3 is 9.64 Å². The number of carbonyl (C=O) groups is 2. The Bertz CT molecular complexity index is 1180. The molecule has 32 heavy (non-hydrogen) atoms. The topological polar surface area (TPSA) is 84.4 Å². The summed E-state index contributed by atoms with van der Waals surface area (Å²) in [6.07, 6.45) is 2.76. The molecule has 0 unspecified atom stereocenters. The van der Waals surface area contributed by atoms with Crippen molar-refractivity contribution in [2.24, 2.45) is 5.92 Å². The quantitative estimate of drug-likeness (QED) is 0.529. The molecule has 1 N–H and O–H groups in total. The number of amides is 2. The van der Waals surface area contributed by atoms with Crippen LogP contribution in [-0.2, 0) is 11.4 Å². The Hall–Kier alpha value is -2.33. The van der Waals surface area contributed by atoms with E-state index in [-0.39, 0.29) is 23.3 Å². The fourth-order valence-corrected chi connectivity index (χ4v) is 4.78. The second kappa shape index (κ2) is 9.66. The zero-order valence-electron chi connectivity index (χ0n) is 17.0. The van der Waals surface area contributed by atoms with Crippen molar-refractivity contribution in [1.29, 1.82) is 0 Å². The molecular formula is C21H19Cl2FN4O3S. The molecule has 7 nitrogen and oxygen atoms in total. The van der Waals surface area contributed by atoms with Gasteiger partial charge >= 0.3 is 0 Å². The molecule has 168 valence electrons. The number of fused-ring (bicyclic) bond motifs is 1. The molecule has 1 saturated heterocycles. The number of benzene rings is 1. The fourth-order valence-electron chi connectivity index (χ4n) is 3.44. The third kappa shape index (κ3) is 5.01. The van der Waals surface area contributed by atoms with Crippen LogP contribution in [0.3, 0.4) is 0 Å². The molecule has 3 heterocycles. The number of nitrogens with zero attached hydrogens (tertiary/aromatic N) is 3. The van der Waals surface area contributed by atoms with Crippen molar-refractivity contribution >= 4 is 56.7 Å². The number of thiazole rings is 1. The van der Waals surface area contributed by atoms with E-state index in [4.69, 9.17) is 27.9 Å². The zero-order valence-corrected chi connectivity index (χ0v) is 19.4. The molecule has 0 bridgehead atoms. The minimum atomic E-state index is -0.937. The molecule has 1 aromatic carbocycles. The van der Waals surface area contributed by atoms with E-state index >= 15 is 4.39 Å². The number of hydrogen-bond acceptors (Lipinski definition) is 7. The van der Waals surface area contributed by atoms with Crippen LogP contribution in [0.4, 0.5) is 4.39 Å². The third-order valence-corrected chi connectivity index (χ3v) is 6.70. The van der Waals surface area contributed by atoms with E-state index in [1.54, 1.807) is 6.07 Å². The van der Waals surface area contributed by atoms with Gasteiger partial charge in [0, 0.05) is 12.1 Å². The fraction of sp³-hybridized carbons (Fsp3) is 0.333. The Morgan fingerprint density at radius 2 is 2.06 bits per heavy atom. The van der Waals surface area contributed by atoms with E-state index in [0.717, 1.165) is 17.8 Å². The number of rotatable bonds is 5. The summed E-state index contributed by atoms with van der Waals surface area (Å²) in [5.41, 5.74) is 0.0882. The van der Waals surface area contributed by atoms with Crippen molar-refractivity contribution in [2.45, 2.75) is 19.4 Å². The lowest BCUT2D eigenvalue weighted by atomic mass is 9.96. The molecule has 2 amide bonds. The first-order valence-corrected chi connectivity index (χ1v) is 11.4. The molecule has 0 radical (unpaired) electrons. The maximum absolute atomic E-state index is 15.1. The number of hydrogen-bond donors (Lipinski definition) is 1. The summed E-state index contributed by atoms with van der Waals surface area (Å²) < 4.78 is 21.4. The SMILES string of the molecule is CN1CCC(C(=O)NC(=O)c2c(Cl)ccc(OCc3nc4ncc(Cl)cc4s3)c2F)CC1. The Balaban J connectivity index is 1.46. The van der Waals surface area contributed by atoms with Gasteiger partial charge in [0.25, 0.3) is 5.91 Å². The van der Waals surface area contributed by atoms with Crippen LogP contribution in [0.2, 0.25) is 10.0 Å². The van der Waals surface area contributed by atoms with Gasteiger partial charge in [0.1, 0.15) is 11.6 Å². The van der Waals surface area contributed by atoms with E-state index in [2.05, 4.69) is 20.2 Å². The van der Waals surface area contributed by atoms with Crippen LogP contribution in [0.5, 0.6) is 5.75 Å². The van der Waals surface area contributed by atoms with Crippen LogP contribution in [0.25, 0.3) is 10.3 Å². The lowest BCUT2D eigenvalue weighted by Crippen LogP contribution is -2.41. The standard InChI is InChI=1S/C21H19Cl2FN4O3S/c1-28-6-4-11(5-7-28)20(29)27-21(30)17-13(23)2-3-14(18(17)24)31-10-16-26-19-15(32-16)8-12(22)9-25-19/h2-3,8-9,11H,4-7,10H2,1H3,(H,27,29,30). The summed E-state index contributed by atoms with van der Waals surface area (Å²) in [5, 5.41) is 3.22. The van der Waals surface area contributed by atoms with Gasteiger partial charge in [-0.25, -0.2) is 14.4 Å². The van der Waals surface area contributed by atoms with Gasteiger partial charge in [-0.1, -0.05) is 23.2 Å². The number of likely N-dealkylation sites (tertiary alicyclic amines) is 1. The second-order valence-electron chi connectivity index (χ2n) is 7.50. The largest absolute Gasteiger partial charge is 0.483 e. The molecule has 1 fully saturated rings. The number of imide groups is 1. The molecule has 0 atom stereocenters. The predicted molar refractivity (Wildman–Crippen MR) is 121 cm³/mol. The van der Waals surface area contributed by atoms with Crippen molar-refractivity contribution in [2.75, 3.05) is 20.1 Å². The van der Waals surface area contributed by atoms with E-state index < -0.39 is 23.2 Å². The van der Waals surface area contributed by atoms with Crippen molar-refractivity contribution in [3.8, 4) is 5.75 Å². The summed E-state index contributed by atoms with van der Waals surface area (Å²) in [4.78, 5) is 35.6. The van der Waals surface area contributed by atoms with Crippen molar-refractivity contribution < 1.29 is 18.7 Å². The second-order valence-corrected chi connectivity index (χ2v) is 9.46. The van der Waals surface area contributed by atoms with E-state index in [1.807, 2.05) is 7.05 Å². The first kappa shape index (κ1) is 22.8. The van der Waals surface area contributed by atoms with Crippen LogP contribution in [0.15, 0.2) is 24.4 Å². The number of pyridine rings is 1. The highest BCUT2D eigenvalue weighted by Crippen LogP contribution is 2.29. The minimum absolute atomic E-state index is 0.0349. The molecule has 4 rings (SSSR count). The molecule has 2 aromatic heterocycles.